The molecule has 0 aliphatic carbocycles. The van der Waals surface area contributed by atoms with Crippen LogP contribution in [0.15, 0.2) is 67.0 Å². The predicted molar refractivity (Wildman–Crippen MR) is 112 cm³/mol. The largest absolute Gasteiger partial charge is 0.378 e. The van der Waals surface area contributed by atoms with Crippen molar-refractivity contribution >= 4 is 38.8 Å². The zero-order valence-corrected chi connectivity index (χ0v) is 15.8. The van der Waals surface area contributed by atoms with Crippen molar-refractivity contribution < 1.29 is 4.79 Å². The molecular formula is C21H18N4OS. The zero-order chi connectivity index (χ0) is 18.8. The molecule has 0 atom stereocenters. The number of hydrogen-bond donors (Lipinski definition) is 1. The summed E-state index contributed by atoms with van der Waals surface area (Å²) in [7, 11) is 3.90. The second-order valence-electron chi connectivity index (χ2n) is 6.34. The standard InChI is InChI=1S/C21H18N4OS/c1-25(2)17-8-4-5-14(12-17)20(26)23-16-7-3-6-15(11-16)21-24-18-9-10-22-13-19(18)27-21/h3-13H,1-2H3,(H,23,26). The number of thiazole rings is 1. The zero-order valence-electron chi connectivity index (χ0n) is 15.0. The topological polar surface area (TPSA) is 58.1 Å². The summed E-state index contributed by atoms with van der Waals surface area (Å²) in [5.41, 5.74) is 4.25. The molecule has 0 aliphatic rings. The Morgan fingerprint density at radius 1 is 1.07 bits per heavy atom. The summed E-state index contributed by atoms with van der Waals surface area (Å²) in [5.74, 6) is -0.135. The van der Waals surface area contributed by atoms with Gasteiger partial charge in [0.2, 0.25) is 0 Å². The van der Waals surface area contributed by atoms with E-state index >= 15 is 0 Å². The third kappa shape index (κ3) is 3.66. The normalized spacial score (nSPS) is 10.7. The summed E-state index contributed by atoms with van der Waals surface area (Å²) >= 11 is 1.59. The fraction of sp³-hybridized carbons (Fsp3) is 0.0952. The average molecular weight is 374 g/mol. The summed E-state index contributed by atoms with van der Waals surface area (Å²) in [4.78, 5) is 23.4. The maximum atomic E-state index is 12.6. The average Bonchev–Trinajstić information content (AvgIpc) is 3.12. The number of carbonyl (C=O) groups is 1. The molecule has 0 aliphatic heterocycles. The van der Waals surface area contributed by atoms with E-state index in [9.17, 15) is 4.79 Å². The summed E-state index contributed by atoms with van der Waals surface area (Å²) in [6, 6.07) is 17.2. The van der Waals surface area contributed by atoms with Crippen LogP contribution >= 0.6 is 11.3 Å². The molecule has 6 heteroatoms. The Bertz CT molecular complexity index is 1090. The molecule has 5 nitrogen and oxygen atoms in total. The van der Waals surface area contributed by atoms with Gasteiger partial charge in [-0.2, -0.15) is 0 Å². The van der Waals surface area contributed by atoms with E-state index < -0.39 is 0 Å². The van der Waals surface area contributed by atoms with Gasteiger partial charge in [-0.1, -0.05) is 18.2 Å². The summed E-state index contributed by atoms with van der Waals surface area (Å²) in [5, 5.41) is 3.88. The lowest BCUT2D eigenvalue weighted by Gasteiger charge is -2.13. The van der Waals surface area contributed by atoms with Crippen molar-refractivity contribution in [3.05, 3.63) is 72.6 Å². The Labute approximate surface area is 161 Å². The molecule has 2 heterocycles. The molecule has 0 spiro atoms. The predicted octanol–water partition coefficient (Wildman–Crippen LogP) is 4.68. The molecule has 2 aromatic heterocycles. The molecular weight excluding hydrogens is 356 g/mol. The summed E-state index contributed by atoms with van der Waals surface area (Å²) in [6.45, 7) is 0. The number of nitrogens with zero attached hydrogens (tertiary/aromatic N) is 3. The van der Waals surface area contributed by atoms with Crippen LogP contribution in [0.3, 0.4) is 0 Å². The van der Waals surface area contributed by atoms with Crippen LogP contribution in [0.5, 0.6) is 0 Å². The molecule has 0 bridgehead atoms. The number of amides is 1. The lowest BCUT2D eigenvalue weighted by Crippen LogP contribution is -2.14. The molecule has 4 aromatic rings. The van der Waals surface area contributed by atoms with Crippen molar-refractivity contribution in [1.29, 1.82) is 0 Å². The highest BCUT2D eigenvalue weighted by Crippen LogP contribution is 2.30. The van der Waals surface area contributed by atoms with Gasteiger partial charge in [0.05, 0.1) is 10.2 Å². The first-order chi connectivity index (χ1) is 13.1. The van der Waals surface area contributed by atoms with Gasteiger partial charge >= 0.3 is 0 Å². The van der Waals surface area contributed by atoms with E-state index in [4.69, 9.17) is 0 Å². The van der Waals surface area contributed by atoms with Gasteiger partial charge in [0.25, 0.3) is 5.91 Å². The molecule has 27 heavy (non-hydrogen) atoms. The van der Waals surface area contributed by atoms with Gasteiger partial charge in [-0.05, 0) is 36.4 Å². The molecule has 0 unspecified atom stereocenters. The maximum absolute atomic E-state index is 12.6. The highest BCUT2D eigenvalue weighted by molar-refractivity contribution is 7.21. The van der Waals surface area contributed by atoms with E-state index in [1.807, 2.05) is 79.8 Å². The number of pyridine rings is 1. The Morgan fingerprint density at radius 2 is 1.93 bits per heavy atom. The van der Waals surface area contributed by atoms with Gasteiger partial charge in [0, 0.05) is 49.0 Å². The second kappa shape index (κ2) is 7.17. The molecule has 0 radical (unpaired) electrons. The molecule has 0 saturated carbocycles. The highest BCUT2D eigenvalue weighted by atomic mass is 32.1. The van der Waals surface area contributed by atoms with E-state index in [1.54, 1.807) is 17.5 Å². The third-order valence-electron chi connectivity index (χ3n) is 4.18. The van der Waals surface area contributed by atoms with E-state index in [-0.39, 0.29) is 5.91 Å². The van der Waals surface area contributed by atoms with E-state index in [1.165, 1.54) is 0 Å². The minimum absolute atomic E-state index is 0.135. The molecule has 2 aromatic carbocycles. The van der Waals surface area contributed by atoms with Crippen LogP contribution in [0.2, 0.25) is 0 Å². The number of fused-ring (bicyclic) bond motifs is 1. The fourth-order valence-corrected chi connectivity index (χ4v) is 3.69. The van der Waals surface area contributed by atoms with Crippen LogP contribution < -0.4 is 10.2 Å². The third-order valence-corrected chi connectivity index (χ3v) is 5.24. The first kappa shape index (κ1) is 17.2. The van der Waals surface area contributed by atoms with Crippen molar-refractivity contribution in [2.24, 2.45) is 0 Å². The number of rotatable bonds is 4. The SMILES string of the molecule is CN(C)c1cccc(C(=O)Nc2cccc(-c3nc4ccncc4s3)c2)c1. The van der Waals surface area contributed by atoms with Gasteiger partial charge in [-0.3, -0.25) is 9.78 Å². The van der Waals surface area contributed by atoms with E-state index in [2.05, 4.69) is 15.3 Å². The fourth-order valence-electron chi connectivity index (χ4n) is 2.76. The van der Waals surface area contributed by atoms with Gasteiger partial charge in [0.15, 0.2) is 0 Å². The Balaban J connectivity index is 1.59. The Morgan fingerprint density at radius 3 is 2.74 bits per heavy atom. The first-order valence-electron chi connectivity index (χ1n) is 8.50. The summed E-state index contributed by atoms with van der Waals surface area (Å²) < 4.78 is 1.04. The minimum atomic E-state index is -0.135. The number of aromatic nitrogens is 2. The minimum Gasteiger partial charge on any atom is -0.378 e. The Hall–Kier alpha value is -3.25. The van der Waals surface area contributed by atoms with Crippen LogP contribution in [-0.4, -0.2) is 30.0 Å². The molecule has 1 amide bonds. The van der Waals surface area contributed by atoms with Gasteiger partial charge in [-0.25, -0.2) is 4.98 Å². The smallest absolute Gasteiger partial charge is 0.255 e. The molecule has 134 valence electrons. The number of hydrogen-bond acceptors (Lipinski definition) is 5. The van der Waals surface area contributed by atoms with Crippen LogP contribution in [-0.2, 0) is 0 Å². The van der Waals surface area contributed by atoms with Crippen molar-refractivity contribution in [3.8, 4) is 10.6 Å². The lowest BCUT2D eigenvalue weighted by molar-refractivity contribution is 0.102. The van der Waals surface area contributed by atoms with Gasteiger partial charge < -0.3 is 10.2 Å². The number of nitrogens with one attached hydrogen (secondary N) is 1. The molecule has 0 saturated heterocycles. The van der Waals surface area contributed by atoms with Crippen LogP contribution in [0, 0.1) is 0 Å². The van der Waals surface area contributed by atoms with Crippen molar-refractivity contribution in [1.82, 2.24) is 9.97 Å². The van der Waals surface area contributed by atoms with Crippen molar-refractivity contribution in [3.63, 3.8) is 0 Å². The van der Waals surface area contributed by atoms with E-state index in [0.717, 1.165) is 32.2 Å². The van der Waals surface area contributed by atoms with E-state index in [0.29, 0.717) is 5.56 Å². The molecule has 1 N–H and O–H groups in total. The van der Waals surface area contributed by atoms with Gasteiger partial charge in [0.1, 0.15) is 5.01 Å². The maximum Gasteiger partial charge on any atom is 0.255 e. The monoisotopic (exact) mass is 374 g/mol. The van der Waals surface area contributed by atoms with Gasteiger partial charge in [-0.15, -0.1) is 11.3 Å². The van der Waals surface area contributed by atoms with Crippen molar-refractivity contribution in [2.45, 2.75) is 0 Å². The second-order valence-corrected chi connectivity index (χ2v) is 7.37. The van der Waals surface area contributed by atoms with Crippen LogP contribution in [0.4, 0.5) is 11.4 Å². The number of benzene rings is 2. The number of carbonyl (C=O) groups excluding carboxylic acids is 1. The van der Waals surface area contributed by atoms with Crippen LogP contribution in [0.1, 0.15) is 10.4 Å². The quantitative estimate of drug-likeness (QED) is 0.564. The molecule has 4 rings (SSSR count). The highest BCUT2D eigenvalue weighted by Gasteiger charge is 2.10. The van der Waals surface area contributed by atoms with Crippen LogP contribution in [0.25, 0.3) is 20.8 Å². The molecule has 0 fully saturated rings. The number of anilines is 2. The Kier molecular flexibility index (Phi) is 4.56. The summed E-state index contributed by atoms with van der Waals surface area (Å²) in [6.07, 6.45) is 3.56. The van der Waals surface area contributed by atoms with Crippen molar-refractivity contribution in [2.75, 3.05) is 24.3 Å². The lowest BCUT2D eigenvalue weighted by atomic mass is 10.1. The first-order valence-corrected chi connectivity index (χ1v) is 9.31.